The van der Waals surface area contributed by atoms with E-state index in [0.29, 0.717) is 11.8 Å². The van der Waals surface area contributed by atoms with Gasteiger partial charge in [0.1, 0.15) is 5.82 Å². The summed E-state index contributed by atoms with van der Waals surface area (Å²) in [4.78, 5) is 13.2. The van der Waals surface area contributed by atoms with E-state index in [-0.39, 0.29) is 12.6 Å². The predicted molar refractivity (Wildman–Crippen MR) is 105 cm³/mol. The Morgan fingerprint density at radius 3 is 2.35 bits per heavy atom. The summed E-state index contributed by atoms with van der Waals surface area (Å²) in [6.45, 7) is 6.01. The topological polar surface area (TPSA) is 83.0 Å². The number of benzene rings is 1. The van der Waals surface area contributed by atoms with Gasteiger partial charge < -0.3 is 15.7 Å². The van der Waals surface area contributed by atoms with Crippen LogP contribution in [0.25, 0.3) is 11.3 Å². The number of nitrogens with zero attached hydrogens (tertiary/aromatic N) is 3. The summed E-state index contributed by atoms with van der Waals surface area (Å²) in [5.74, 6) is 1.15. The highest BCUT2D eigenvalue weighted by molar-refractivity contribution is 5.67. The van der Waals surface area contributed by atoms with Gasteiger partial charge in [0.25, 0.3) is 0 Å². The lowest BCUT2D eigenvalue weighted by Crippen LogP contribution is -2.21. The van der Waals surface area contributed by atoms with Crippen molar-refractivity contribution in [2.24, 2.45) is 0 Å². The van der Waals surface area contributed by atoms with Crippen LogP contribution in [0.1, 0.15) is 18.1 Å². The number of nitrogens with one attached hydrogen (secondary N) is 2. The number of hydrogen-bond acceptors (Lipinski definition) is 6. The smallest absolute Gasteiger partial charge is 0.225 e. The molecular weight excluding hydrogens is 326 g/mol. The van der Waals surface area contributed by atoms with Gasteiger partial charge in [0, 0.05) is 35.8 Å². The van der Waals surface area contributed by atoms with Gasteiger partial charge in [0.05, 0.1) is 12.3 Å². The van der Waals surface area contributed by atoms with Gasteiger partial charge in [-0.1, -0.05) is 6.07 Å². The van der Waals surface area contributed by atoms with Crippen molar-refractivity contribution in [3.63, 3.8) is 0 Å². The maximum atomic E-state index is 9.31. The van der Waals surface area contributed by atoms with Crippen LogP contribution in [-0.4, -0.2) is 32.7 Å². The molecule has 0 bridgehead atoms. The molecule has 0 amide bonds. The molecule has 3 rings (SSSR count). The zero-order valence-corrected chi connectivity index (χ0v) is 15.2. The van der Waals surface area contributed by atoms with Gasteiger partial charge in [-0.3, -0.25) is 4.98 Å². The molecule has 0 unspecified atom stereocenters. The molecule has 0 aliphatic heterocycles. The lowest BCUT2D eigenvalue weighted by molar-refractivity contribution is 0.281. The molecule has 0 spiro atoms. The molecule has 6 heteroatoms. The maximum Gasteiger partial charge on any atom is 0.225 e. The van der Waals surface area contributed by atoms with Crippen molar-refractivity contribution in [1.29, 1.82) is 0 Å². The molecule has 0 saturated carbocycles. The molecule has 0 fully saturated rings. The summed E-state index contributed by atoms with van der Waals surface area (Å²) < 4.78 is 0. The Kier molecular flexibility index (Phi) is 5.43. The first-order chi connectivity index (χ1) is 12.5. The Labute approximate surface area is 153 Å². The average Bonchev–Trinajstić information content (AvgIpc) is 2.61. The van der Waals surface area contributed by atoms with Crippen LogP contribution in [0.5, 0.6) is 0 Å². The fourth-order valence-electron chi connectivity index (χ4n) is 2.71. The molecule has 134 valence electrons. The lowest BCUT2D eigenvalue weighted by Gasteiger charge is -2.14. The van der Waals surface area contributed by atoms with Crippen LogP contribution in [-0.2, 0) is 0 Å². The number of hydrogen-bond donors (Lipinski definition) is 3. The summed E-state index contributed by atoms with van der Waals surface area (Å²) in [5, 5.41) is 15.8. The van der Waals surface area contributed by atoms with Crippen molar-refractivity contribution in [2.45, 2.75) is 26.8 Å². The predicted octanol–water partition coefficient (Wildman–Crippen LogP) is 3.69. The van der Waals surface area contributed by atoms with Crippen molar-refractivity contribution >= 4 is 17.5 Å². The molecule has 0 aliphatic rings. The van der Waals surface area contributed by atoms with E-state index in [4.69, 9.17) is 0 Å². The zero-order chi connectivity index (χ0) is 18.5. The van der Waals surface area contributed by atoms with E-state index in [1.807, 2.05) is 25.1 Å². The summed E-state index contributed by atoms with van der Waals surface area (Å²) in [7, 11) is 0. The molecule has 3 N–H and O–H groups in total. The van der Waals surface area contributed by atoms with Crippen molar-refractivity contribution in [3.05, 3.63) is 59.9 Å². The van der Waals surface area contributed by atoms with Gasteiger partial charge in [-0.05, 0) is 56.2 Å². The van der Waals surface area contributed by atoms with Crippen LogP contribution >= 0.6 is 0 Å². The van der Waals surface area contributed by atoms with E-state index in [2.05, 4.69) is 57.6 Å². The van der Waals surface area contributed by atoms with Crippen LogP contribution in [0.2, 0.25) is 0 Å². The number of aliphatic hydroxyl groups excluding tert-OH is 1. The lowest BCUT2D eigenvalue weighted by atomic mass is 10.1. The molecule has 2 heterocycles. The maximum absolute atomic E-state index is 9.31. The Morgan fingerprint density at radius 1 is 1.00 bits per heavy atom. The third-order valence-corrected chi connectivity index (χ3v) is 3.85. The number of aryl methyl sites for hydroxylation is 2. The summed E-state index contributed by atoms with van der Waals surface area (Å²) in [5.41, 5.74) is 5.07. The monoisotopic (exact) mass is 349 g/mol. The second-order valence-electron chi connectivity index (χ2n) is 6.43. The van der Waals surface area contributed by atoms with Crippen LogP contribution in [0.15, 0.2) is 48.8 Å². The quantitative estimate of drug-likeness (QED) is 0.629. The van der Waals surface area contributed by atoms with Gasteiger partial charge in [-0.15, -0.1) is 0 Å². The highest BCUT2D eigenvalue weighted by atomic mass is 16.3. The third kappa shape index (κ3) is 4.55. The standard InChI is InChI=1S/C20H23N5O/c1-13-8-14(2)10-17(9-13)23-19-11-18(16-4-6-21-7-5-16)24-20(25-19)22-15(3)12-26/h4-11,15,26H,12H2,1-3H3,(H2,22,23,24,25)/t15-/m0/s1. The van der Waals surface area contributed by atoms with E-state index in [1.54, 1.807) is 12.4 Å². The number of pyridine rings is 1. The molecule has 3 aromatic rings. The zero-order valence-electron chi connectivity index (χ0n) is 15.2. The van der Waals surface area contributed by atoms with Crippen LogP contribution < -0.4 is 10.6 Å². The summed E-state index contributed by atoms with van der Waals surface area (Å²) in [6.07, 6.45) is 3.47. The fourth-order valence-corrected chi connectivity index (χ4v) is 2.71. The van der Waals surface area contributed by atoms with Gasteiger partial charge in [0.15, 0.2) is 0 Å². The molecule has 2 aromatic heterocycles. The molecule has 1 aromatic carbocycles. The molecule has 26 heavy (non-hydrogen) atoms. The largest absolute Gasteiger partial charge is 0.394 e. The molecule has 0 aliphatic carbocycles. The second-order valence-corrected chi connectivity index (χ2v) is 6.43. The number of anilines is 3. The summed E-state index contributed by atoms with van der Waals surface area (Å²) in [6, 6.07) is 11.8. The van der Waals surface area contributed by atoms with Gasteiger partial charge in [-0.25, -0.2) is 4.98 Å². The fraction of sp³-hybridized carbons (Fsp3) is 0.250. The van der Waals surface area contributed by atoms with Crippen LogP contribution in [0.4, 0.5) is 17.5 Å². The minimum Gasteiger partial charge on any atom is -0.394 e. The van der Waals surface area contributed by atoms with Crippen molar-refractivity contribution in [2.75, 3.05) is 17.2 Å². The third-order valence-electron chi connectivity index (χ3n) is 3.85. The van der Waals surface area contributed by atoms with Crippen molar-refractivity contribution in [3.8, 4) is 11.3 Å². The first kappa shape index (κ1) is 17.8. The Morgan fingerprint density at radius 2 is 1.69 bits per heavy atom. The van der Waals surface area contributed by atoms with Gasteiger partial charge >= 0.3 is 0 Å². The van der Waals surface area contributed by atoms with E-state index in [0.717, 1.165) is 16.9 Å². The number of aliphatic hydroxyl groups is 1. The van der Waals surface area contributed by atoms with E-state index in [9.17, 15) is 5.11 Å². The first-order valence-electron chi connectivity index (χ1n) is 8.55. The minimum atomic E-state index is -0.142. The Hall–Kier alpha value is -2.99. The minimum absolute atomic E-state index is 0.00266. The summed E-state index contributed by atoms with van der Waals surface area (Å²) >= 11 is 0. The van der Waals surface area contributed by atoms with E-state index in [1.165, 1.54) is 11.1 Å². The Bertz CT molecular complexity index is 862. The van der Waals surface area contributed by atoms with Crippen LogP contribution in [0, 0.1) is 13.8 Å². The van der Waals surface area contributed by atoms with Crippen molar-refractivity contribution < 1.29 is 5.11 Å². The van der Waals surface area contributed by atoms with E-state index < -0.39 is 0 Å². The molecule has 1 atom stereocenters. The Balaban J connectivity index is 1.98. The highest BCUT2D eigenvalue weighted by Crippen LogP contribution is 2.24. The van der Waals surface area contributed by atoms with Crippen molar-refractivity contribution in [1.82, 2.24) is 15.0 Å². The molecule has 0 radical (unpaired) electrons. The van der Waals surface area contributed by atoms with Gasteiger partial charge in [0.2, 0.25) is 5.95 Å². The number of rotatable bonds is 6. The SMILES string of the molecule is Cc1cc(C)cc(Nc2cc(-c3ccncc3)nc(N[C@@H](C)CO)n2)c1. The second kappa shape index (κ2) is 7.93. The van der Waals surface area contributed by atoms with E-state index >= 15 is 0 Å². The van der Waals surface area contributed by atoms with Crippen LogP contribution in [0.3, 0.4) is 0 Å². The van der Waals surface area contributed by atoms with Gasteiger partial charge in [-0.2, -0.15) is 4.98 Å². The average molecular weight is 349 g/mol. The molecular formula is C20H23N5O. The highest BCUT2D eigenvalue weighted by Gasteiger charge is 2.10. The normalized spacial score (nSPS) is 11.8. The molecule has 0 saturated heterocycles. The first-order valence-corrected chi connectivity index (χ1v) is 8.55. The molecule has 6 nitrogen and oxygen atoms in total. The number of aromatic nitrogens is 3.